The van der Waals surface area contributed by atoms with Crippen molar-refractivity contribution < 1.29 is 4.79 Å². The molecule has 2 fully saturated rings. The number of benzene rings is 1. The number of urea groups is 1. The Bertz CT molecular complexity index is 503. The van der Waals surface area contributed by atoms with E-state index in [1.165, 1.54) is 18.4 Å². The maximum absolute atomic E-state index is 12.2. The summed E-state index contributed by atoms with van der Waals surface area (Å²) in [5, 5.41) is 6.36. The zero-order valence-corrected chi connectivity index (χ0v) is 14.8. The van der Waals surface area contributed by atoms with Gasteiger partial charge in [-0.15, -0.1) is 0 Å². The number of hydrogen-bond acceptors (Lipinski definition) is 2. The van der Waals surface area contributed by atoms with Crippen LogP contribution in [0.25, 0.3) is 0 Å². The first-order valence-electron chi connectivity index (χ1n) is 9.52. The fourth-order valence-corrected chi connectivity index (χ4v) is 3.89. The highest BCUT2D eigenvalue weighted by Gasteiger charge is 2.23. The first-order chi connectivity index (χ1) is 11.7. The van der Waals surface area contributed by atoms with E-state index in [9.17, 15) is 4.79 Å². The Morgan fingerprint density at radius 2 is 1.54 bits per heavy atom. The summed E-state index contributed by atoms with van der Waals surface area (Å²) in [6.07, 6.45) is 6.82. The van der Waals surface area contributed by atoms with Crippen LogP contribution in [0.5, 0.6) is 0 Å². The third-order valence-electron chi connectivity index (χ3n) is 5.52. The highest BCUT2D eigenvalue weighted by Crippen LogP contribution is 2.23. The highest BCUT2D eigenvalue weighted by molar-refractivity contribution is 5.74. The minimum absolute atomic E-state index is 0.0380. The minimum atomic E-state index is 0.0380. The summed E-state index contributed by atoms with van der Waals surface area (Å²) in [6.45, 7) is 5.43. The van der Waals surface area contributed by atoms with Crippen molar-refractivity contribution in [3.63, 3.8) is 0 Å². The summed E-state index contributed by atoms with van der Waals surface area (Å²) in [5.41, 5.74) is 1.37. The summed E-state index contributed by atoms with van der Waals surface area (Å²) >= 11 is 0. The number of nitrogens with one attached hydrogen (secondary N) is 2. The molecular formula is C20H31N3O. The maximum atomic E-state index is 12.2. The van der Waals surface area contributed by atoms with Crippen LogP contribution in [0.15, 0.2) is 30.3 Å². The quantitative estimate of drug-likeness (QED) is 0.887. The lowest BCUT2D eigenvalue weighted by molar-refractivity contribution is 0.184. The van der Waals surface area contributed by atoms with E-state index >= 15 is 0 Å². The molecule has 4 nitrogen and oxygen atoms in total. The van der Waals surface area contributed by atoms with Gasteiger partial charge in [-0.05, 0) is 50.0 Å². The Balaban J connectivity index is 1.35. The number of piperidine rings is 1. The van der Waals surface area contributed by atoms with Crippen molar-refractivity contribution >= 4 is 6.03 Å². The van der Waals surface area contributed by atoms with E-state index in [1.54, 1.807) is 0 Å². The Hall–Kier alpha value is -1.55. The average molecular weight is 329 g/mol. The van der Waals surface area contributed by atoms with Crippen LogP contribution in [0.1, 0.15) is 51.0 Å². The van der Waals surface area contributed by atoms with E-state index < -0.39 is 0 Å². The zero-order valence-electron chi connectivity index (χ0n) is 14.8. The monoisotopic (exact) mass is 329 g/mol. The van der Waals surface area contributed by atoms with Crippen LogP contribution in [0.4, 0.5) is 4.79 Å². The molecule has 2 aliphatic rings. The predicted molar refractivity (Wildman–Crippen MR) is 97.8 cm³/mol. The molecule has 3 rings (SSSR count). The Morgan fingerprint density at radius 3 is 2.17 bits per heavy atom. The largest absolute Gasteiger partial charge is 0.335 e. The predicted octanol–water partition coefficient (Wildman–Crippen LogP) is 3.53. The number of amides is 2. The Morgan fingerprint density at radius 1 is 0.958 bits per heavy atom. The lowest BCUT2D eigenvalue weighted by atomic mass is 9.87. The molecule has 1 heterocycles. The molecule has 0 bridgehead atoms. The minimum Gasteiger partial charge on any atom is -0.335 e. The summed E-state index contributed by atoms with van der Waals surface area (Å²) in [5.74, 6) is 0.819. The van der Waals surface area contributed by atoms with Crippen molar-refractivity contribution in [2.75, 3.05) is 13.1 Å². The van der Waals surface area contributed by atoms with Crippen LogP contribution in [-0.2, 0) is 6.54 Å². The van der Waals surface area contributed by atoms with Gasteiger partial charge in [-0.1, -0.05) is 37.3 Å². The lowest BCUT2D eigenvalue weighted by Gasteiger charge is -2.33. The van der Waals surface area contributed by atoms with E-state index in [0.717, 1.165) is 51.2 Å². The molecule has 2 N–H and O–H groups in total. The molecule has 1 aromatic rings. The molecule has 1 saturated carbocycles. The van der Waals surface area contributed by atoms with Gasteiger partial charge in [0.1, 0.15) is 0 Å². The first kappa shape index (κ1) is 17.3. The van der Waals surface area contributed by atoms with Gasteiger partial charge in [0, 0.05) is 31.7 Å². The van der Waals surface area contributed by atoms with Crippen LogP contribution in [-0.4, -0.2) is 36.1 Å². The highest BCUT2D eigenvalue weighted by atomic mass is 16.2. The van der Waals surface area contributed by atoms with Gasteiger partial charge in [0.05, 0.1) is 0 Å². The molecule has 24 heavy (non-hydrogen) atoms. The molecule has 0 unspecified atom stereocenters. The second-order valence-electron chi connectivity index (χ2n) is 7.61. The van der Waals surface area contributed by atoms with Crippen LogP contribution in [0, 0.1) is 5.92 Å². The first-order valence-corrected chi connectivity index (χ1v) is 9.52. The van der Waals surface area contributed by atoms with E-state index in [1.807, 2.05) is 0 Å². The summed E-state index contributed by atoms with van der Waals surface area (Å²) < 4.78 is 0. The SMILES string of the molecule is CC1CCC(NC(=O)NC2CCN(Cc3ccccc3)CC2)CC1. The Labute approximate surface area is 146 Å². The molecule has 0 spiro atoms. The molecule has 1 aliphatic carbocycles. The van der Waals surface area contributed by atoms with Gasteiger partial charge in [0.2, 0.25) is 0 Å². The van der Waals surface area contributed by atoms with Gasteiger partial charge in [-0.25, -0.2) is 4.79 Å². The summed E-state index contributed by atoms with van der Waals surface area (Å²) in [4.78, 5) is 14.7. The summed E-state index contributed by atoms with van der Waals surface area (Å²) in [6, 6.07) is 11.4. The number of carbonyl (C=O) groups excluding carboxylic acids is 1. The van der Waals surface area contributed by atoms with Crippen molar-refractivity contribution in [2.24, 2.45) is 5.92 Å². The standard InChI is InChI=1S/C20H31N3O/c1-16-7-9-18(10-8-16)21-20(24)22-19-11-13-23(14-12-19)15-17-5-3-2-4-6-17/h2-6,16,18-19H,7-15H2,1H3,(H2,21,22,24). The van der Waals surface area contributed by atoms with Gasteiger partial charge in [-0.3, -0.25) is 4.90 Å². The molecule has 132 valence electrons. The van der Waals surface area contributed by atoms with Gasteiger partial charge in [-0.2, -0.15) is 0 Å². The van der Waals surface area contributed by atoms with Crippen molar-refractivity contribution in [3.8, 4) is 0 Å². The van der Waals surface area contributed by atoms with Crippen molar-refractivity contribution in [3.05, 3.63) is 35.9 Å². The summed E-state index contributed by atoms with van der Waals surface area (Å²) in [7, 11) is 0. The molecule has 1 aromatic carbocycles. The second-order valence-corrected chi connectivity index (χ2v) is 7.61. The van der Waals surface area contributed by atoms with Crippen molar-refractivity contribution in [1.82, 2.24) is 15.5 Å². The lowest BCUT2D eigenvalue weighted by Crippen LogP contribution is -2.50. The molecule has 2 amide bonds. The molecule has 1 aliphatic heterocycles. The molecule has 0 radical (unpaired) electrons. The number of carbonyl (C=O) groups is 1. The fraction of sp³-hybridized carbons (Fsp3) is 0.650. The number of hydrogen-bond donors (Lipinski definition) is 2. The van der Waals surface area contributed by atoms with Gasteiger partial charge < -0.3 is 10.6 Å². The number of rotatable bonds is 4. The van der Waals surface area contributed by atoms with E-state index in [2.05, 4.69) is 52.8 Å². The van der Waals surface area contributed by atoms with E-state index in [-0.39, 0.29) is 6.03 Å². The number of likely N-dealkylation sites (tertiary alicyclic amines) is 1. The van der Waals surface area contributed by atoms with Crippen LogP contribution < -0.4 is 10.6 Å². The van der Waals surface area contributed by atoms with Crippen molar-refractivity contribution in [1.29, 1.82) is 0 Å². The maximum Gasteiger partial charge on any atom is 0.315 e. The van der Waals surface area contributed by atoms with Gasteiger partial charge in [0.25, 0.3) is 0 Å². The van der Waals surface area contributed by atoms with E-state index in [4.69, 9.17) is 0 Å². The number of nitrogens with zero attached hydrogens (tertiary/aromatic N) is 1. The molecular weight excluding hydrogens is 298 g/mol. The van der Waals surface area contributed by atoms with Crippen LogP contribution in [0.2, 0.25) is 0 Å². The normalized spacial score (nSPS) is 26.0. The van der Waals surface area contributed by atoms with Crippen LogP contribution in [0.3, 0.4) is 0 Å². The molecule has 0 aromatic heterocycles. The van der Waals surface area contributed by atoms with Crippen molar-refractivity contribution in [2.45, 2.75) is 64.1 Å². The average Bonchev–Trinajstić information content (AvgIpc) is 2.60. The van der Waals surface area contributed by atoms with Gasteiger partial charge in [0.15, 0.2) is 0 Å². The molecule has 4 heteroatoms. The third-order valence-corrected chi connectivity index (χ3v) is 5.52. The van der Waals surface area contributed by atoms with Gasteiger partial charge >= 0.3 is 6.03 Å². The molecule has 0 atom stereocenters. The molecule has 1 saturated heterocycles. The zero-order chi connectivity index (χ0) is 16.8. The second kappa shape index (κ2) is 8.52. The topological polar surface area (TPSA) is 44.4 Å². The third kappa shape index (κ3) is 5.23. The van der Waals surface area contributed by atoms with Crippen LogP contribution >= 0.6 is 0 Å². The fourth-order valence-electron chi connectivity index (χ4n) is 3.89. The van der Waals surface area contributed by atoms with E-state index in [0.29, 0.717) is 12.1 Å². The smallest absolute Gasteiger partial charge is 0.315 e. The Kier molecular flexibility index (Phi) is 6.13.